The molecule has 71 heavy (non-hydrogen) atoms. The summed E-state index contributed by atoms with van der Waals surface area (Å²) in [5.41, 5.74) is 14.3. The third-order valence-corrected chi connectivity index (χ3v) is 15.1. The van der Waals surface area contributed by atoms with Gasteiger partial charge in [-0.15, -0.1) is 0 Å². The second-order valence-corrected chi connectivity index (χ2v) is 19.5. The predicted molar refractivity (Wildman–Crippen MR) is 286 cm³/mol. The summed E-state index contributed by atoms with van der Waals surface area (Å²) < 4.78 is 2.16. The minimum atomic E-state index is -0.664. The molecule has 6 aromatic carbocycles. The van der Waals surface area contributed by atoms with Gasteiger partial charge in [-0.25, -0.2) is 0 Å². The zero-order valence-corrected chi connectivity index (χ0v) is 40.7. The van der Waals surface area contributed by atoms with Crippen molar-refractivity contribution in [1.82, 2.24) is 9.55 Å². The second-order valence-electron chi connectivity index (χ2n) is 17.9. The van der Waals surface area contributed by atoms with Crippen LogP contribution >= 0.6 is 46.4 Å². The van der Waals surface area contributed by atoms with Gasteiger partial charge in [0.1, 0.15) is 11.4 Å². The summed E-state index contributed by atoms with van der Waals surface area (Å²) >= 11 is 28.3. The molecule has 5 aliphatic rings. The highest BCUT2D eigenvalue weighted by atomic mass is 35.5. The number of aliphatic imine (C=N–C) groups is 2. The Morgan fingerprint density at radius 3 is 1.23 bits per heavy atom. The van der Waals surface area contributed by atoms with Crippen LogP contribution in [-0.4, -0.2) is 44.6 Å². The molecular weight excluding hydrogens is 967 g/mol. The zero-order chi connectivity index (χ0) is 47.9. The average Bonchev–Trinajstić information content (AvgIpc) is 4.27. The smallest absolute Gasteiger partial charge is 0.184 e. The molecule has 1 N–H and O–H groups in total. The summed E-state index contributed by atoms with van der Waals surface area (Å²) in [6.45, 7) is 0. The number of rotatable bonds is 6. The fourth-order valence-electron chi connectivity index (χ4n) is 10.8. The standard InChI is InChI=1S/C59H38Cl4N6O2/c1-69-31-36-30-43(69)47(35-22-12-5-13-23-35)53-51-55(49-39(62)26-15-27-40(49)63)68-71-59(51)57(66-53)46(34-20-10-4-11-21-34)42-29-28-41(64-42)45(33-18-8-3-9-19-33)56-58-50(52(65-56)44(36)32-16-6-2-7-17-32)54(67-70-58)48-37(60)24-14-25-38(48)61/h2-31,50-51,58-59,64H,1H3/b45-41-,46-42-,52-44-,53-47-/t50-,51+,58+,59-/m0/s1. The Bertz CT molecular complexity index is 3800. The topological polar surface area (TPSA) is 88.6 Å². The summed E-state index contributed by atoms with van der Waals surface area (Å²) in [5.74, 6) is -1.06. The summed E-state index contributed by atoms with van der Waals surface area (Å²) in [7, 11) is 2.07. The van der Waals surface area contributed by atoms with Crippen LogP contribution in [0.4, 0.5) is 0 Å². The third kappa shape index (κ3) is 7.11. The van der Waals surface area contributed by atoms with Gasteiger partial charge in [0.15, 0.2) is 12.2 Å². The van der Waals surface area contributed by atoms with Crippen LogP contribution in [0.5, 0.6) is 0 Å². The van der Waals surface area contributed by atoms with Gasteiger partial charge < -0.3 is 19.2 Å². The molecule has 4 atom stereocenters. The first kappa shape index (κ1) is 43.6. The van der Waals surface area contributed by atoms with Crippen molar-refractivity contribution in [3.8, 4) is 0 Å². The Morgan fingerprint density at radius 1 is 0.423 bits per heavy atom. The Balaban J connectivity index is 1.20. The quantitative estimate of drug-likeness (QED) is 0.180. The SMILES string of the molecule is Cn1cc2cc1/C(c1ccccc1)=C1N=C(/C(c3ccccc3)=c3/cc/c([nH]3)=C(\c3ccccc3)C3=N/C(=C\2c2ccccc2)[C@H]2C(c4c(Cl)cccc4Cl)=NO[C@@H]32)[C@H]2ON=C(c3c(Cl)cccc3Cl)[C@@H]\12. The Labute approximate surface area is 428 Å². The molecule has 0 unspecified atom stereocenters. The van der Waals surface area contributed by atoms with Crippen molar-refractivity contribution >= 4 is 91.5 Å². The van der Waals surface area contributed by atoms with E-state index in [0.29, 0.717) is 54.1 Å². The molecule has 0 spiro atoms. The predicted octanol–water partition coefficient (Wildman–Crippen LogP) is 12.3. The van der Waals surface area contributed by atoms with Gasteiger partial charge in [-0.05, 0) is 64.7 Å². The van der Waals surface area contributed by atoms with Gasteiger partial charge in [-0.2, -0.15) is 0 Å². The minimum absolute atomic E-state index is 0.463. The Kier molecular flexibility index (Phi) is 10.7. The number of aromatic amines is 1. The van der Waals surface area contributed by atoms with Crippen LogP contribution in [0.2, 0.25) is 20.1 Å². The molecule has 0 saturated carbocycles. The van der Waals surface area contributed by atoms with Crippen molar-refractivity contribution in [1.29, 1.82) is 0 Å². The molecule has 13 rings (SSSR count). The van der Waals surface area contributed by atoms with Crippen molar-refractivity contribution in [2.75, 3.05) is 0 Å². The van der Waals surface area contributed by atoms with Crippen LogP contribution < -0.4 is 10.7 Å². The van der Waals surface area contributed by atoms with Gasteiger partial charge in [0.25, 0.3) is 0 Å². The molecule has 0 radical (unpaired) electrons. The van der Waals surface area contributed by atoms with Gasteiger partial charge in [-0.1, -0.05) is 190 Å². The number of halogens is 4. The fraction of sp³-hybridized carbons (Fsp3) is 0.0847. The van der Waals surface area contributed by atoms with Crippen LogP contribution in [0, 0.1) is 11.8 Å². The molecule has 0 fully saturated rings. The van der Waals surface area contributed by atoms with E-state index in [1.165, 1.54) is 0 Å². The first-order chi connectivity index (χ1) is 34.8. The molecule has 5 aliphatic heterocycles. The van der Waals surface area contributed by atoms with Crippen LogP contribution in [-0.2, 0) is 16.7 Å². The minimum Gasteiger partial charge on any atom is -0.385 e. The highest BCUT2D eigenvalue weighted by Gasteiger charge is 2.51. The summed E-state index contributed by atoms with van der Waals surface area (Å²) in [4.78, 5) is 28.8. The summed E-state index contributed by atoms with van der Waals surface area (Å²) in [6, 6.07) is 58.6. The van der Waals surface area contributed by atoms with Gasteiger partial charge in [0.05, 0.1) is 60.4 Å². The van der Waals surface area contributed by atoms with E-state index in [-0.39, 0.29) is 0 Å². The van der Waals surface area contributed by atoms with Crippen LogP contribution in [0.25, 0.3) is 22.3 Å². The van der Waals surface area contributed by atoms with Crippen molar-refractivity contribution < 1.29 is 9.68 Å². The van der Waals surface area contributed by atoms with Gasteiger partial charge in [0.2, 0.25) is 0 Å². The maximum atomic E-state index is 7.08. The lowest BCUT2D eigenvalue weighted by atomic mass is 9.83. The van der Waals surface area contributed by atoms with Crippen molar-refractivity contribution in [2.45, 2.75) is 12.2 Å². The van der Waals surface area contributed by atoms with E-state index < -0.39 is 24.0 Å². The lowest BCUT2D eigenvalue weighted by Gasteiger charge is -2.19. The number of aromatic nitrogens is 2. The molecule has 0 saturated heterocycles. The molecule has 8 aromatic rings. The number of hydrogen-bond donors (Lipinski definition) is 1. The zero-order valence-electron chi connectivity index (χ0n) is 37.7. The van der Waals surface area contributed by atoms with E-state index in [9.17, 15) is 0 Å². The molecule has 0 amide bonds. The third-order valence-electron chi connectivity index (χ3n) is 13.8. The molecule has 8 bridgehead atoms. The number of H-pyrrole nitrogens is 1. The maximum absolute atomic E-state index is 7.08. The van der Waals surface area contributed by atoms with Crippen molar-refractivity contribution in [3.63, 3.8) is 0 Å². The summed E-state index contributed by atoms with van der Waals surface area (Å²) in [6.07, 6.45) is 0.835. The largest absolute Gasteiger partial charge is 0.385 e. The number of fused-ring (bicyclic) bond motifs is 12. The van der Waals surface area contributed by atoms with Crippen LogP contribution in [0.1, 0.15) is 44.6 Å². The van der Waals surface area contributed by atoms with Gasteiger partial charge in [-0.3, -0.25) is 9.98 Å². The average molecular weight is 1000 g/mol. The maximum Gasteiger partial charge on any atom is 0.184 e. The van der Waals surface area contributed by atoms with Gasteiger partial charge in [0, 0.05) is 62.9 Å². The Morgan fingerprint density at radius 2 is 0.803 bits per heavy atom. The van der Waals surface area contributed by atoms with Gasteiger partial charge >= 0.3 is 0 Å². The van der Waals surface area contributed by atoms with E-state index in [1.54, 1.807) is 0 Å². The molecule has 8 nitrogen and oxygen atoms in total. The van der Waals surface area contributed by atoms with Crippen LogP contribution in [0.3, 0.4) is 0 Å². The fourth-order valence-corrected chi connectivity index (χ4v) is 12.0. The normalized spacial score (nSPS) is 23.6. The van der Waals surface area contributed by atoms with Crippen molar-refractivity contribution in [2.24, 2.45) is 39.2 Å². The first-order valence-corrected chi connectivity index (χ1v) is 24.7. The van der Waals surface area contributed by atoms with Crippen molar-refractivity contribution in [3.05, 3.63) is 269 Å². The lowest BCUT2D eigenvalue weighted by molar-refractivity contribution is 0.123. The number of nitrogens with one attached hydrogen (secondary N) is 1. The number of aryl methyl sites for hydroxylation is 1. The lowest BCUT2D eigenvalue weighted by Crippen LogP contribution is -2.32. The molecule has 12 heteroatoms. The molecule has 2 aromatic heterocycles. The van der Waals surface area contributed by atoms with E-state index in [4.69, 9.17) is 76.4 Å². The van der Waals surface area contributed by atoms with E-state index in [1.807, 2.05) is 109 Å². The number of oxime groups is 2. The molecular formula is C59H38Cl4N6O2. The Hall–Kier alpha value is -7.46. The molecule has 7 heterocycles. The summed E-state index contributed by atoms with van der Waals surface area (Å²) in [5, 5.41) is 13.2. The first-order valence-electron chi connectivity index (χ1n) is 23.2. The van der Waals surface area contributed by atoms with E-state index >= 15 is 0 Å². The van der Waals surface area contributed by atoms with Crippen LogP contribution in [0.15, 0.2) is 214 Å². The monoisotopic (exact) mass is 1000 g/mol. The second kappa shape index (κ2) is 17.4. The highest BCUT2D eigenvalue weighted by molar-refractivity contribution is 6.42. The highest BCUT2D eigenvalue weighted by Crippen LogP contribution is 2.49. The van der Waals surface area contributed by atoms with E-state index in [0.717, 1.165) is 77.9 Å². The molecule has 344 valence electrons. The molecule has 0 aliphatic carbocycles. The number of benzene rings is 6. The van der Waals surface area contributed by atoms with E-state index in [2.05, 4.69) is 89.5 Å². The number of hydrogen-bond acceptors (Lipinski definition) is 6. The number of nitrogens with zero attached hydrogens (tertiary/aromatic N) is 5.